The van der Waals surface area contributed by atoms with Crippen LogP contribution < -0.4 is 4.90 Å². The van der Waals surface area contributed by atoms with E-state index in [-0.39, 0.29) is 10.8 Å². The van der Waals surface area contributed by atoms with Crippen LogP contribution in [0.4, 0.5) is 5.82 Å². The molecule has 178 valence electrons. The Labute approximate surface area is 199 Å². The normalized spacial score (nSPS) is 17.6. The molecule has 3 aromatic rings. The van der Waals surface area contributed by atoms with Gasteiger partial charge in [-0.05, 0) is 48.5 Å². The molecule has 1 amide bonds. The van der Waals surface area contributed by atoms with E-state index in [0.29, 0.717) is 63.9 Å². The number of rotatable bonds is 5. The van der Waals surface area contributed by atoms with Gasteiger partial charge in [0.25, 0.3) is 5.91 Å². The average molecular weight is 482 g/mol. The number of amides is 1. The first kappa shape index (κ1) is 22.6. The van der Waals surface area contributed by atoms with Crippen LogP contribution in [0.2, 0.25) is 0 Å². The van der Waals surface area contributed by atoms with Gasteiger partial charge in [0, 0.05) is 69.1 Å². The van der Waals surface area contributed by atoms with Crippen molar-refractivity contribution < 1.29 is 17.9 Å². The van der Waals surface area contributed by atoms with Gasteiger partial charge >= 0.3 is 0 Å². The van der Waals surface area contributed by atoms with Crippen LogP contribution in [0.3, 0.4) is 0 Å². The fourth-order valence-electron chi connectivity index (χ4n) is 4.25. The minimum atomic E-state index is -3.56. The summed E-state index contributed by atoms with van der Waals surface area (Å²) >= 11 is 0. The summed E-state index contributed by atoms with van der Waals surface area (Å²) in [5.41, 5.74) is 1.68. The Hall–Kier alpha value is -3.21. The van der Waals surface area contributed by atoms with Gasteiger partial charge in [-0.25, -0.2) is 13.4 Å². The molecular weight excluding hydrogens is 454 g/mol. The number of hydrogen-bond acceptors (Lipinski definition) is 6. The lowest BCUT2D eigenvalue weighted by Crippen LogP contribution is -2.49. The van der Waals surface area contributed by atoms with Gasteiger partial charge in [0.15, 0.2) is 0 Å². The highest BCUT2D eigenvalue weighted by molar-refractivity contribution is 7.89. The number of hydrogen-bond donors (Lipinski definition) is 0. The molecule has 0 radical (unpaired) electrons. The van der Waals surface area contributed by atoms with E-state index in [4.69, 9.17) is 4.74 Å². The number of morpholine rings is 1. The van der Waals surface area contributed by atoms with Crippen LogP contribution in [-0.2, 0) is 14.8 Å². The molecule has 5 rings (SSSR count). The fourth-order valence-corrected chi connectivity index (χ4v) is 5.61. The molecule has 0 bridgehead atoms. The van der Waals surface area contributed by atoms with E-state index >= 15 is 0 Å². The Balaban J connectivity index is 1.19. The zero-order chi connectivity index (χ0) is 23.5. The third-order valence-electron chi connectivity index (χ3n) is 6.24. The summed E-state index contributed by atoms with van der Waals surface area (Å²) in [4.78, 5) is 21.5. The standard InChI is InChI=1S/C24H27N5O4S/c30-24(20-3-5-21(6-4-20)26-9-1-2-10-26)28-13-11-27(12-14-28)23-8-7-22(19-25-23)34(31,32)29-15-17-33-18-16-29/h1-10,19H,11-18H2. The van der Waals surface area contributed by atoms with Crippen LogP contribution in [0, 0.1) is 0 Å². The lowest BCUT2D eigenvalue weighted by Gasteiger charge is -2.35. The molecule has 0 spiro atoms. The fraction of sp³-hybridized carbons (Fsp3) is 0.333. The molecule has 0 aliphatic carbocycles. The maximum absolute atomic E-state index is 13.0. The molecule has 2 saturated heterocycles. The van der Waals surface area contributed by atoms with Crippen molar-refractivity contribution in [3.8, 4) is 5.69 Å². The van der Waals surface area contributed by atoms with E-state index in [0.717, 1.165) is 5.69 Å². The van der Waals surface area contributed by atoms with Gasteiger partial charge in [-0.3, -0.25) is 4.79 Å². The molecule has 0 N–H and O–H groups in total. The van der Waals surface area contributed by atoms with E-state index in [9.17, 15) is 13.2 Å². The van der Waals surface area contributed by atoms with Crippen LogP contribution >= 0.6 is 0 Å². The number of pyridine rings is 1. The highest BCUT2D eigenvalue weighted by Crippen LogP contribution is 2.21. The highest BCUT2D eigenvalue weighted by Gasteiger charge is 2.27. The zero-order valence-corrected chi connectivity index (χ0v) is 19.6. The number of carbonyl (C=O) groups is 1. The first-order valence-electron chi connectivity index (χ1n) is 11.3. The number of ether oxygens (including phenoxy) is 1. The SMILES string of the molecule is O=C(c1ccc(-n2cccc2)cc1)N1CCN(c2ccc(S(=O)(=O)N3CCOCC3)cn2)CC1. The number of aromatic nitrogens is 2. The number of sulfonamides is 1. The second-order valence-corrected chi connectivity index (χ2v) is 10.2. The maximum Gasteiger partial charge on any atom is 0.253 e. The average Bonchev–Trinajstić information content (AvgIpc) is 3.44. The van der Waals surface area contributed by atoms with Crippen molar-refractivity contribution in [2.24, 2.45) is 0 Å². The van der Waals surface area contributed by atoms with Crippen molar-refractivity contribution in [1.82, 2.24) is 18.8 Å². The molecule has 9 nitrogen and oxygen atoms in total. The van der Waals surface area contributed by atoms with E-state index < -0.39 is 10.0 Å². The first-order chi connectivity index (χ1) is 16.5. The van der Waals surface area contributed by atoms with Crippen molar-refractivity contribution >= 4 is 21.7 Å². The molecule has 2 aromatic heterocycles. The predicted molar refractivity (Wildman–Crippen MR) is 128 cm³/mol. The smallest absolute Gasteiger partial charge is 0.253 e. The van der Waals surface area contributed by atoms with Crippen LogP contribution in [0.15, 0.2) is 72.0 Å². The lowest BCUT2D eigenvalue weighted by atomic mass is 10.1. The van der Waals surface area contributed by atoms with Crippen molar-refractivity contribution in [2.45, 2.75) is 4.90 Å². The largest absolute Gasteiger partial charge is 0.379 e. The van der Waals surface area contributed by atoms with E-state index in [2.05, 4.69) is 9.88 Å². The summed E-state index contributed by atoms with van der Waals surface area (Å²) in [6.45, 7) is 3.95. The summed E-state index contributed by atoms with van der Waals surface area (Å²) in [7, 11) is -3.56. The zero-order valence-electron chi connectivity index (χ0n) is 18.8. The summed E-state index contributed by atoms with van der Waals surface area (Å²) in [6, 6.07) is 14.9. The summed E-state index contributed by atoms with van der Waals surface area (Å²) < 4.78 is 34.2. The Morgan fingerprint density at radius 1 is 0.853 bits per heavy atom. The third kappa shape index (κ3) is 4.56. The predicted octanol–water partition coefficient (Wildman–Crippen LogP) is 1.86. The van der Waals surface area contributed by atoms with Crippen LogP contribution in [0.1, 0.15) is 10.4 Å². The Kier molecular flexibility index (Phi) is 6.36. The van der Waals surface area contributed by atoms with Gasteiger partial charge in [0.2, 0.25) is 10.0 Å². The third-order valence-corrected chi connectivity index (χ3v) is 8.12. The summed E-state index contributed by atoms with van der Waals surface area (Å²) in [5.74, 6) is 0.725. The van der Waals surface area contributed by atoms with Gasteiger partial charge < -0.3 is 19.1 Å². The topological polar surface area (TPSA) is 88.0 Å². The number of benzene rings is 1. The Morgan fingerprint density at radius 2 is 1.53 bits per heavy atom. The van der Waals surface area contributed by atoms with E-state index in [1.807, 2.05) is 58.3 Å². The van der Waals surface area contributed by atoms with Gasteiger partial charge in [0.05, 0.1) is 13.2 Å². The second kappa shape index (κ2) is 9.57. The van der Waals surface area contributed by atoms with Gasteiger partial charge in [-0.15, -0.1) is 0 Å². The minimum Gasteiger partial charge on any atom is -0.379 e. The Morgan fingerprint density at radius 3 is 2.15 bits per heavy atom. The number of anilines is 1. The summed E-state index contributed by atoms with van der Waals surface area (Å²) in [5, 5.41) is 0. The highest BCUT2D eigenvalue weighted by atomic mass is 32.2. The maximum atomic E-state index is 13.0. The van der Waals surface area contributed by atoms with Crippen LogP contribution in [0.5, 0.6) is 0 Å². The number of nitrogens with zero attached hydrogens (tertiary/aromatic N) is 5. The molecule has 34 heavy (non-hydrogen) atoms. The van der Waals surface area contributed by atoms with Crippen molar-refractivity contribution in [1.29, 1.82) is 0 Å². The Bertz CT molecular complexity index is 1210. The van der Waals surface area contributed by atoms with Crippen molar-refractivity contribution in [3.63, 3.8) is 0 Å². The number of carbonyl (C=O) groups excluding carboxylic acids is 1. The van der Waals surface area contributed by atoms with Gasteiger partial charge in [0.1, 0.15) is 10.7 Å². The second-order valence-electron chi connectivity index (χ2n) is 8.28. The molecule has 0 saturated carbocycles. The van der Waals surface area contributed by atoms with Gasteiger partial charge in [-0.2, -0.15) is 4.31 Å². The number of piperazine rings is 1. The quantitative estimate of drug-likeness (QED) is 0.553. The monoisotopic (exact) mass is 481 g/mol. The van der Waals surface area contributed by atoms with Crippen LogP contribution in [-0.4, -0.2) is 85.6 Å². The molecule has 4 heterocycles. The minimum absolute atomic E-state index is 0.0126. The molecule has 0 unspecified atom stereocenters. The molecule has 2 aliphatic rings. The summed E-state index contributed by atoms with van der Waals surface area (Å²) in [6.07, 6.45) is 5.35. The van der Waals surface area contributed by atoms with Crippen molar-refractivity contribution in [3.05, 3.63) is 72.7 Å². The first-order valence-corrected chi connectivity index (χ1v) is 12.8. The molecular formula is C24H27N5O4S. The van der Waals surface area contributed by atoms with Crippen LogP contribution in [0.25, 0.3) is 5.69 Å². The van der Waals surface area contributed by atoms with Crippen molar-refractivity contribution in [2.75, 3.05) is 57.4 Å². The van der Waals surface area contributed by atoms with E-state index in [1.165, 1.54) is 10.5 Å². The molecule has 0 atom stereocenters. The van der Waals surface area contributed by atoms with Gasteiger partial charge in [-0.1, -0.05) is 0 Å². The molecule has 2 aliphatic heterocycles. The molecule has 2 fully saturated rings. The van der Waals surface area contributed by atoms with E-state index in [1.54, 1.807) is 12.1 Å². The molecule has 1 aromatic carbocycles. The lowest BCUT2D eigenvalue weighted by molar-refractivity contribution is 0.0730. The molecule has 10 heteroatoms.